The minimum atomic E-state index is 0.164. The Labute approximate surface area is 97.8 Å². The van der Waals surface area contributed by atoms with Gasteiger partial charge in [0.15, 0.2) is 0 Å². The molecule has 0 amide bonds. The highest BCUT2D eigenvalue weighted by Crippen LogP contribution is 2.33. The van der Waals surface area contributed by atoms with Crippen LogP contribution in [0.2, 0.25) is 0 Å². The summed E-state index contributed by atoms with van der Waals surface area (Å²) >= 11 is 0. The van der Waals surface area contributed by atoms with Gasteiger partial charge in [-0.2, -0.15) is 0 Å². The van der Waals surface area contributed by atoms with Gasteiger partial charge in [0.2, 0.25) is 0 Å². The van der Waals surface area contributed by atoms with E-state index in [-0.39, 0.29) is 5.41 Å². The van der Waals surface area contributed by atoms with Gasteiger partial charge in [0.25, 0.3) is 0 Å². The van der Waals surface area contributed by atoms with E-state index >= 15 is 0 Å². The van der Waals surface area contributed by atoms with Crippen molar-refractivity contribution in [1.29, 1.82) is 0 Å². The molecule has 0 fully saturated rings. The van der Waals surface area contributed by atoms with Gasteiger partial charge < -0.3 is 0 Å². The molecule has 2 heteroatoms. The highest BCUT2D eigenvalue weighted by atomic mass is 14.8. The van der Waals surface area contributed by atoms with E-state index in [4.69, 9.17) is 0 Å². The van der Waals surface area contributed by atoms with Crippen molar-refractivity contribution in [1.82, 2.24) is 4.98 Å². The van der Waals surface area contributed by atoms with E-state index in [1.165, 1.54) is 17.0 Å². The molecular weight excluding hydrogens is 196 g/mol. The van der Waals surface area contributed by atoms with Crippen molar-refractivity contribution in [2.75, 3.05) is 0 Å². The maximum atomic E-state index is 4.68. The molecular formula is C14H20N2. The lowest BCUT2D eigenvalue weighted by Gasteiger charge is -2.17. The van der Waals surface area contributed by atoms with Crippen molar-refractivity contribution in [3.8, 4) is 0 Å². The third kappa shape index (κ3) is 2.01. The number of hydrogen-bond donors (Lipinski definition) is 0. The Hall–Kier alpha value is -1.18. The van der Waals surface area contributed by atoms with E-state index in [2.05, 4.69) is 50.7 Å². The summed E-state index contributed by atoms with van der Waals surface area (Å²) in [5, 5.41) is 0. The average Bonchev–Trinajstić information content (AvgIpc) is 2.58. The average molecular weight is 216 g/mol. The SMILES string of the molecule is CC(C)c1cc2c(cn1)N=C(C(C)(C)C)C2. The zero-order chi connectivity index (χ0) is 11.9. The zero-order valence-electron chi connectivity index (χ0n) is 10.8. The molecule has 2 nitrogen and oxygen atoms in total. The zero-order valence-corrected chi connectivity index (χ0v) is 10.8. The summed E-state index contributed by atoms with van der Waals surface area (Å²) in [4.78, 5) is 9.14. The first kappa shape index (κ1) is 11.3. The maximum Gasteiger partial charge on any atom is 0.0848 e. The summed E-state index contributed by atoms with van der Waals surface area (Å²) < 4.78 is 0. The van der Waals surface area contributed by atoms with Crippen LogP contribution >= 0.6 is 0 Å². The summed E-state index contributed by atoms with van der Waals surface area (Å²) in [7, 11) is 0. The molecule has 1 aromatic heterocycles. The molecule has 2 rings (SSSR count). The maximum absolute atomic E-state index is 4.68. The monoisotopic (exact) mass is 216 g/mol. The normalized spacial score (nSPS) is 15.2. The molecule has 0 N–H and O–H groups in total. The molecule has 86 valence electrons. The van der Waals surface area contributed by atoms with E-state index in [9.17, 15) is 0 Å². The second-order valence-electron chi connectivity index (χ2n) is 5.88. The number of pyridine rings is 1. The Morgan fingerprint density at radius 1 is 1.25 bits per heavy atom. The van der Waals surface area contributed by atoms with E-state index < -0.39 is 0 Å². The van der Waals surface area contributed by atoms with E-state index in [1.807, 2.05) is 6.20 Å². The van der Waals surface area contributed by atoms with Crippen molar-refractivity contribution < 1.29 is 0 Å². The molecule has 1 aromatic rings. The number of aliphatic imine (C=N–C) groups is 1. The molecule has 0 radical (unpaired) electrons. The van der Waals surface area contributed by atoms with Crippen molar-refractivity contribution in [3.63, 3.8) is 0 Å². The molecule has 1 aliphatic rings. The lowest BCUT2D eigenvalue weighted by molar-refractivity contribution is 0.584. The summed E-state index contributed by atoms with van der Waals surface area (Å²) in [5.74, 6) is 0.490. The highest BCUT2D eigenvalue weighted by molar-refractivity contribution is 5.97. The molecule has 1 aliphatic heterocycles. The van der Waals surface area contributed by atoms with Crippen LogP contribution in [0.25, 0.3) is 0 Å². The molecule has 16 heavy (non-hydrogen) atoms. The fraction of sp³-hybridized carbons (Fsp3) is 0.571. The van der Waals surface area contributed by atoms with Crippen molar-refractivity contribution >= 4 is 11.4 Å². The first-order valence-corrected chi connectivity index (χ1v) is 5.95. The van der Waals surface area contributed by atoms with E-state index in [0.29, 0.717) is 5.92 Å². The molecule has 0 aromatic carbocycles. The molecule has 0 atom stereocenters. The van der Waals surface area contributed by atoms with Gasteiger partial charge in [0.1, 0.15) is 0 Å². The summed E-state index contributed by atoms with van der Waals surface area (Å²) in [6.45, 7) is 11.0. The summed E-state index contributed by atoms with van der Waals surface area (Å²) in [5.41, 5.74) is 5.00. The minimum Gasteiger partial charge on any atom is -0.259 e. The topological polar surface area (TPSA) is 25.2 Å². The predicted molar refractivity (Wildman–Crippen MR) is 68.6 cm³/mol. The van der Waals surface area contributed by atoms with Crippen LogP contribution in [0.15, 0.2) is 17.3 Å². The van der Waals surface area contributed by atoms with Crippen molar-refractivity contribution in [2.24, 2.45) is 10.4 Å². The van der Waals surface area contributed by atoms with Crippen LogP contribution in [0.3, 0.4) is 0 Å². The van der Waals surface area contributed by atoms with Gasteiger partial charge in [-0.15, -0.1) is 0 Å². The van der Waals surface area contributed by atoms with Gasteiger partial charge in [-0.05, 0) is 17.5 Å². The molecule has 0 saturated carbocycles. The summed E-state index contributed by atoms with van der Waals surface area (Å²) in [6.07, 6.45) is 2.91. The largest absolute Gasteiger partial charge is 0.259 e. The number of fused-ring (bicyclic) bond motifs is 1. The third-order valence-electron chi connectivity index (χ3n) is 3.06. The molecule has 0 saturated heterocycles. The second kappa shape index (κ2) is 3.69. The fourth-order valence-corrected chi connectivity index (χ4v) is 1.86. The van der Waals surface area contributed by atoms with Crippen LogP contribution in [0, 0.1) is 5.41 Å². The van der Waals surface area contributed by atoms with E-state index in [1.54, 1.807) is 0 Å². The quantitative estimate of drug-likeness (QED) is 0.699. The van der Waals surface area contributed by atoms with Crippen LogP contribution in [0.4, 0.5) is 5.69 Å². The highest BCUT2D eigenvalue weighted by Gasteiger charge is 2.25. The Balaban J connectivity index is 2.32. The Morgan fingerprint density at radius 3 is 2.50 bits per heavy atom. The van der Waals surface area contributed by atoms with Gasteiger partial charge >= 0.3 is 0 Å². The fourth-order valence-electron chi connectivity index (χ4n) is 1.86. The van der Waals surface area contributed by atoms with Gasteiger partial charge in [-0.25, -0.2) is 0 Å². The van der Waals surface area contributed by atoms with Crippen LogP contribution in [-0.4, -0.2) is 10.7 Å². The van der Waals surface area contributed by atoms with E-state index in [0.717, 1.165) is 12.1 Å². The first-order valence-electron chi connectivity index (χ1n) is 5.95. The first-order chi connectivity index (χ1) is 7.38. The van der Waals surface area contributed by atoms with Crippen molar-refractivity contribution in [2.45, 2.75) is 47.0 Å². The summed E-state index contributed by atoms with van der Waals surface area (Å²) in [6, 6.07) is 2.21. The second-order valence-corrected chi connectivity index (χ2v) is 5.88. The molecule has 0 unspecified atom stereocenters. The number of hydrogen-bond acceptors (Lipinski definition) is 2. The predicted octanol–water partition coefficient (Wildman–Crippen LogP) is 3.88. The van der Waals surface area contributed by atoms with Gasteiger partial charge in [0, 0.05) is 23.2 Å². The molecule has 0 bridgehead atoms. The Kier molecular flexibility index (Phi) is 2.61. The molecule has 0 spiro atoms. The standard InChI is InChI=1S/C14H20N2/c1-9(2)11-6-10-7-13(14(3,4)5)16-12(10)8-15-11/h6,8-9H,7H2,1-5H3. The smallest absolute Gasteiger partial charge is 0.0848 e. The molecule has 2 heterocycles. The lowest BCUT2D eigenvalue weighted by atomic mass is 9.87. The van der Waals surface area contributed by atoms with Crippen LogP contribution in [0.1, 0.15) is 51.8 Å². The third-order valence-corrected chi connectivity index (χ3v) is 3.06. The van der Waals surface area contributed by atoms with Gasteiger partial charge in [-0.1, -0.05) is 34.6 Å². The lowest BCUT2D eigenvalue weighted by Crippen LogP contribution is -2.19. The number of nitrogens with zero attached hydrogens (tertiary/aromatic N) is 2. The molecule has 0 aliphatic carbocycles. The number of aromatic nitrogens is 1. The van der Waals surface area contributed by atoms with Crippen LogP contribution < -0.4 is 0 Å². The van der Waals surface area contributed by atoms with Crippen LogP contribution in [0.5, 0.6) is 0 Å². The minimum absolute atomic E-state index is 0.164. The van der Waals surface area contributed by atoms with Crippen molar-refractivity contribution in [3.05, 3.63) is 23.5 Å². The van der Waals surface area contributed by atoms with Gasteiger partial charge in [0.05, 0.1) is 11.9 Å². The van der Waals surface area contributed by atoms with Crippen LogP contribution in [-0.2, 0) is 6.42 Å². The Bertz CT molecular complexity index is 437. The number of rotatable bonds is 1. The van der Waals surface area contributed by atoms with Gasteiger partial charge in [-0.3, -0.25) is 9.98 Å². The Morgan fingerprint density at radius 2 is 1.94 bits per heavy atom.